The van der Waals surface area contributed by atoms with Crippen molar-refractivity contribution in [3.8, 4) is 33.8 Å². The fourth-order valence-electron chi connectivity index (χ4n) is 7.57. The summed E-state index contributed by atoms with van der Waals surface area (Å²) >= 11 is 0. The highest BCUT2D eigenvalue weighted by Crippen LogP contribution is 2.34. The molecule has 0 saturated carbocycles. The van der Waals surface area contributed by atoms with Crippen LogP contribution in [0.25, 0.3) is 44.8 Å². The van der Waals surface area contributed by atoms with Gasteiger partial charge in [0.2, 0.25) is 11.8 Å². The highest BCUT2D eigenvalue weighted by atomic mass is 16.5. The molecule has 5 aromatic rings. The van der Waals surface area contributed by atoms with Gasteiger partial charge >= 0.3 is 6.09 Å². The van der Waals surface area contributed by atoms with Gasteiger partial charge in [0.25, 0.3) is 5.56 Å². The molecular weight excluding hydrogens is 686 g/mol. The van der Waals surface area contributed by atoms with E-state index in [1.807, 2.05) is 61.2 Å². The van der Waals surface area contributed by atoms with Gasteiger partial charge in [0.15, 0.2) is 0 Å². The van der Waals surface area contributed by atoms with E-state index in [0.717, 1.165) is 60.6 Å². The zero-order valence-corrected chi connectivity index (χ0v) is 31.3. The molecule has 0 unspecified atom stereocenters. The van der Waals surface area contributed by atoms with E-state index in [1.54, 1.807) is 17.3 Å². The predicted molar refractivity (Wildman–Crippen MR) is 204 cm³/mol. The average Bonchev–Trinajstić information content (AvgIpc) is 3.99. The van der Waals surface area contributed by atoms with Crippen molar-refractivity contribution in [2.75, 3.05) is 20.2 Å². The maximum absolute atomic E-state index is 13.5. The van der Waals surface area contributed by atoms with Gasteiger partial charge in [-0.15, -0.1) is 0 Å². The molecule has 7 rings (SSSR count). The molecule has 0 bridgehead atoms. The molecule has 54 heavy (non-hydrogen) atoms. The van der Waals surface area contributed by atoms with Gasteiger partial charge < -0.3 is 34.8 Å². The second kappa shape index (κ2) is 15.3. The number of H-pyrrole nitrogens is 3. The number of amides is 3. The number of benzene rings is 2. The molecular formula is C40H47N9O5. The van der Waals surface area contributed by atoms with E-state index >= 15 is 0 Å². The number of rotatable bonds is 10. The number of imidazole rings is 2. The van der Waals surface area contributed by atoms with Crippen LogP contribution in [0.3, 0.4) is 0 Å². The molecule has 3 aromatic heterocycles. The van der Waals surface area contributed by atoms with Crippen molar-refractivity contribution in [1.82, 2.24) is 45.0 Å². The molecule has 3 atom stereocenters. The summed E-state index contributed by atoms with van der Waals surface area (Å²) in [6, 6.07) is 12.2. The Hall–Kier alpha value is -5.79. The van der Waals surface area contributed by atoms with Gasteiger partial charge in [-0.25, -0.2) is 19.7 Å². The van der Waals surface area contributed by atoms with Crippen LogP contribution in [0.2, 0.25) is 0 Å². The summed E-state index contributed by atoms with van der Waals surface area (Å²) in [4.78, 5) is 79.2. The predicted octanol–water partition coefficient (Wildman–Crippen LogP) is 6.12. The number of hydrogen-bond donors (Lipinski definition) is 4. The van der Waals surface area contributed by atoms with E-state index in [4.69, 9.17) is 9.72 Å². The summed E-state index contributed by atoms with van der Waals surface area (Å²) in [5.41, 5.74) is 5.21. The zero-order valence-electron chi connectivity index (χ0n) is 31.3. The van der Waals surface area contributed by atoms with Crippen LogP contribution >= 0.6 is 0 Å². The highest BCUT2D eigenvalue weighted by Gasteiger charge is 2.37. The lowest BCUT2D eigenvalue weighted by molar-refractivity contribution is -0.135. The van der Waals surface area contributed by atoms with Crippen LogP contribution < -0.4 is 10.9 Å². The molecule has 4 N–H and O–H groups in total. The summed E-state index contributed by atoms with van der Waals surface area (Å²) in [6.07, 6.45) is 6.81. The summed E-state index contributed by atoms with van der Waals surface area (Å²) < 4.78 is 4.75. The van der Waals surface area contributed by atoms with Crippen LogP contribution in [0, 0.1) is 11.8 Å². The zero-order chi connectivity index (χ0) is 38.1. The second-order valence-electron chi connectivity index (χ2n) is 15.0. The minimum atomic E-state index is -0.717. The standard InChI is InChI=1S/C40H47N9O5/c1-22(2)18-33(50)48-16-6-8-31(48)36-41-20-29(44-36)24-10-12-25(13-11-24)35-38(51)46-28-19-26(14-15-27(28)43-35)30-21-42-37(45-30)32-9-7-17-49(32)39(52)34(23(3)4)47-40(53)54-5/h10-15,19-23,31-32,34H,6-9,16-18H2,1-5H3,(H,41,44)(H,42,45)(H,46,51)(H,47,53)/t31-,32-,34-/m0/s1. The Morgan fingerprint density at radius 2 is 1.43 bits per heavy atom. The number of methoxy groups -OCH3 is 1. The fourth-order valence-corrected chi connectivity index (χ4v) is 7.57. The van der Waals surface area contributed by atoms with Gasteiger partial charge in [0, 0.05) is 30.6 Å². The first-order chi connectivity index (χ1) is 26.0. The Balaban J connectivity index is 1.06. The van der Waals surface area contributed by atoms with Crippen LogP contribution in [0.15, 0.2) is 59.7 Å². The van der Waals surface area contributed by atoms with Crippen LogP contribution in [-0.2, 0) is 14.3 Å². The Morgan fingerprint density at radius 3 is 2.06 bits per heavy atom. The third-order valence-corrected chi connectivity index (χ3v) is 10.4. The third kappa shape index (κ3) is 7.37. The van der Waals surface area contributed by atoms with Gasteiger partial charge in [0.05, 0.1) is 54.0 Å². The molecule has 0 spiro atoms. The van der Waals surface area contributed by atoms with Crippen LogP contribution in [0.1, 0.15) is 83.5 Å². The number of carbonyl (C=O) groups excluding carboxylic acids is 3. The number of alkyl carbamates (subject to hydrolysis) is 1. The summed E-state index contributed by atoms with van der Waals surface area (Å²) in [6.45, 7) is 9.19. The van der Waals surface area contributed by atoms with Crippen molar-refractivity contribution < 1.29 is 19.1 Å². The number of likely N-dealkylation sites (tertiary alicyclic amines) is 2. The molecule has 2 fully saturated rings. The van der Waals surface area contributed by atoms with Crippen molar-refractivity contribution in [3.05, 3.63) is 76.9 Å². The van der Waals surface area contributed by atoms with E-state index in [9.17, 15) is 19.2 Å². The average molecular weight is 734 g/mol. The lowest BCUT2D eigenvalue weighted by Crippen LogP contribution is -2.51. The highest BCUT2D eigenvalue weighted by molar-refractivity contribution is 5.86. The number of ether oxygens (including phenoxy) is 1. The topological polar surface area (TPSA) is 182 Å². The van der Waals surface area contributed by atoms with Gasteiger partial charge in [0.1, 0.15) is 23.4 Å². The molecule has 3 amide bonds. The number of carbonyl (C=O) groups is 3. The molecule has 2 saturated heterocycles. The normalized spacial score (nSPS) is 17.8. The first kappa shape index (κ1) is 36.6. The van der Waals surface area contributed by atoms with Gasteiger partial charge in [-0.05, 0) is 55.2 Å². The molecule has 2 aliphatic rings. The number of aromatic nitrogens is 6. The lowest BCUT2D eigenvalue weighted by atomic mass is 10.0. The Morgan fingerprint density at radius 1 is 0.833 bits per heavy atom. The van der Waals surface area contributed by atoms with E-state index in [1.165, 1.54) is 7.11 Å². The minimum Gasteiger partial charge on any atom is -0.453 e. The van der Waals surface area contributed by atoms with Crippen LogP contribution in [-0.4, -0.2) is 83.9 Å². The van der Waals surface area contributed by atoms with Crippen molar-refractivity contribution >= 4 is 28.9 Å². The molecule has 5 heterocycles. The Bertz CT molecular complexity index is 2220. The SMILES string of the molecule is COC(=O)N[C@H](C(=O)N1CCC[C@H]1c1ncc(-c2ccc3nc(-c4ccc(-c5cnc([C@@H]6CCCN6C(=O)CC(C)C)[nH]5)cc4)c(=O)[nH]c3c2)[nH]1)C(C)C. The minimum absolute atomic E-state index is 0.0466. The fraction of sp³-hybridized carbons (Fsp3) is 0.425. The van der Waals surface area contributed by atoms with Crippen molar-refractivity contribution in [3.63, 3.8) is 0 Å². The van der Waals surface area contributed by atoms with Crippen molar-refractivity contribution in [2.45, 2.75) is 77.9 Å². The first-order valence-corrected chi connectivity index (χ1v) is 18.7. The van der Waals surface area contributed by atoms with Crippen LogP contribution in [0.4, 0.5) is 4.79 Å². The summed E-state index contributed by atoms with van der Waals surface area (Å²) in [5, 5.41) is 2.68. The Labute approximate surface area is 313 Å². The molecule has 2 aromatic carbocycles. The largest absolute Gasteiger partial charge is 0.453 e. The molecule has 0 aliphatic carbocycles. The van der Waals surface area contributed by atoms with E-state index < -0.39 is 12.1 Å². The van der Waals surface area contributed by atoms with E-state index in [2.05, 4.69) is 44.1 Å². The number of fused-ring (bicyclic) bond motifs is 1. The second-order valence-corrected chi connectivity index (χ2v) is 15.0. The molecule has 282 valence electrons. The Kier molecular flexibility index (Phi) is 10.3. The number of nitrogens with zero attached hydrogens (tertiary/aromatic N) is 5. The number of nitrogens with one attached hydrogen (secondary N) is 4. The smallest absolute Gasteiger partial charge is 0.407 e. The van der Waals surface area contributed by atoms with Gasteiger partial charge in [-0.2, -0.15) is 0 Å². The van der Waals surface area contributed by atoms with Gasteiger partial charge in [-0.1, -0.05) is 58.0 Å². The third-order valence-electron chi connectivity index (χ3n) is 10.4. The maximum atomic E-state index is 13.5. The first-order valence-electron chi connectivity index (χ1n) is 18.7. The quantitative estimate of drug-likeness (QED) is 0.132. The van der Waals surface area contributed by atoms with Crippen LogP contribution in [0.5, 0.6) is 0 Å². The van der Waals surface area contributed by atoms with E-state index in [-0.39, 0.29) is 35.4 Å². The molecule has 2 aliphatic heterocycles. The van der Waals surface area contributed by atoms with Crippen molar-refractivity contribution in [1.29, 1.82) is 0 Å². The molecule has 14 nitrogen and oxygen atoms in total. The monoisotopic (exact) mass is 733 g/mol. The molecule has 0 radical (unpaired) electrons. The van der Waals surface area contributed by atoms with E-state index in [0.29, 0.717) is 47.0 Å². The van der Waals surface area contributed by atoms with Gasteiger partial charge in [-0.3, -0.25) is 14.4 Å². The lowest BCUT2D eigenvalue weighted by Gasteiger charge is -2.30. The number of aromatic amines is 3. The van der Waals surface area contributed by atoms with Crippen molar-refractivity contribution in [2.24, 2.45) is 11.8 Å². The summed E-state index contributed by atoms with van der Waals surface area (Å²) in [7, 11) is 1.28. The maximum Gasteiger partial charge on any atom is 0.407 e. The summed E-state index contributed by atoms with van der Waals surface area (Å²) in [5.74, 6) is 1.63. The number of hydrogen-bond acceptors (Lipinski definition) is 8. The molecule has 14 heteroatoms.